The van der Waals surface area contributed by atoms with Crippen molar-refractivity contribution in [2.24, 2.45) is 0 Å². The Morgan fingerprint density at radius 3 is 3.05 bits per heavy atom. The molecule has 2 unspecified atom stereocenters. The Morgan fingerprint density at radius 1 is 1.53 bits per heavy atom. The summed E-state index contributed by atoms with van der Waals surface area (Å²) in [6, 6.07) is 6.72. The average molecular weight is 262 g/mol. The smallest absolute Gasteiger partial charge is 0.147 e. The van der Waals surface area contributed by atoms with Gasteiger partial charge in [-0.3, -0.25) is 0 Å². The topological polar surface area (TPSA) is 45.0 Å². The molecule has 1 aliphatic rings. The summed E-state index contributed by atoms with van der Waals surface area (Å²) < 4.78 is 19.5. The molecule has 19 heavy (non-hydrogen) atoms. The molecule has 1 N–H and O–H groups in total. The summed E-state index contributed by atoms with van der Waals surface area (Å²) in [7, 11) is 0. The zero-order chi connectivity index (χ0) is 13.7. The van der Waals surface area contributed by atoms with Crippen LogP contribution in [0.5, 0.6) is 0 Å². The van der Waals surface area contributed by atoms with E-state index in [0.717, 1.165) is 32.3 Å². The van der Waals surface area contributed by atoms with Crippen LogP contribution in [0.1, 0.15) is 38.2 Å². The minimum Gasteiger partial charge on any atom is -0.380 e. The molecule has 2 atom stereocenters. The Balaban J connectivity index is 1.99. The van der Waals surface area contributed by atoms with Crippen LogP contribution in [-0.4, -0.2) is 18.8 Å². The molecule has 4 heteroatoms. The second kappa shape index (κ2) is 6.53. The van der Waals surface area contributed by atoms with E-state index in [1.165, 1.54) is 6.07 Å². The molecule has 2 rings (SSSR count). The first-order valence-corrected chi connectivity index (χ1v) is 6.80. The molecule has 1 aromatic rings. The lowest BCUT2D eigenvalue weighted by Crippen LogP contribution is -2.34. The van der Waals surface area contributed by atoms with E-state index in [2.05, 4.69) is 12.2 Å². The van der Waals surface area contributed by atoms with Crippen molar-refractivity contribution >= 4 is 5.69 Å². The zero-order valence-corrected chi connectivity index (χ0v) is 11.2. The predicted octanol–water partition coefficient (Wildman–Crippen LogP) is 3.46. The number of ether oxygens (including phenoxy) is 1. The lowest BCUT2D eigenvalue weighted by Gasteiger charge is -2.30. The van der Waals surface area contributed by atoms with Crippen LogP contribution >= 0.6 is 0 Å². The lowest BCUT2D eigenvalue weighted by molar-refractivity contribution is 0.00593. The number of halogens is 1. The predicted molar refractivity (Wildman–Crippen MR) is 72.4 cm³/mol. The van der Waals surface area contributed by atoms with E-state index in [9.17, 15) is 4.39 Å². The van der Waals surface area contributed by atoms with Crippen LogP contribution in [0.25, 0.3) is 0 Å². The van der Waals surface area contributed by atoms with Gasteiger partial charge in [0.05, 0.1) is 23.4 Å². The summed E-state index contributed by atoms with van der Waals surface area (Å²) in [5.74, 6) is -0.363. The van der Waals surface area contributed by atoms with E-state index >= 15 is 0 Å². The fourth-order valence-electron chi connectivity index (χ4n) is 2.46. The third-order valence-corrected chi connectivity index (χ3v) is 3.44. The van der Waals surface area contributed by atoms with E-state index in [1.54, 1.807) is 12.1 Å². The van der Waals surface area contributed by atoms with Crippen molar-refractivity contribution in [1.29, 1.82) is 5.26 Å². The van der Waals surface area contributed by atoms with Gasteiger partial charge in [-0.15, -0.1) is 0 Å². The highest BCUT2D eigenvalue weighted by molar-refractivity contribution is 5.49. The number of hydrogen-bond donors (Lipinski definition) is 1. The van der Waals surface area contributed by atoms with Gasteiger partial charge in [-0.1, -0.05) is 13.3 Å². The van der Waals surface area contributed by atoms with Gasteiger partial charge in [0, 0.05) is 12.6 Å². The van der Waals surface area contributed by atoms with Crippen LogP contribution in [0.3, 0.4) is 0 Å². The number of nitrogens with zero attached hydrogens (tertiary/aromatic N) is 1. The molecule has 3 nitrogen and oxygen atoms in total. The van der Waals surface area contributed by atoms with E-state index in [-0.39, 0.29) is 18.0 Å². The Hall–Kier alpha value is -1.60. The number of hydrogen-bond acceptors (Lipinski definition) is 3. The summed E-state index contributed by atoms with van der Waals surface area (Å²) in [6.45, 7) is 2.86. The van der Waals surface area contributed by atoms with E-state index < -0.39 is 0 Å². The Morgan fingerprint density at radius 2 is 2.37 bits per heavy atom. The molecule has 1 aromatic carbocycles. The van der Waals surface area contributed by atoms with Crippen LogP contribution in [0.2, 0.25) is 0 Å². The van der Waals surface area contributed by atoms with Gasteiger partial charge in [0.25, 0.3) is 0 Å². The lowest BCUT2D eigenvalue weighted by atomic mass is 9.99. The minimum atomic E-state index is -0.363. The number of nitrogens with one attached hydrogen (secondary N) is 1. The van der Waals surface area contributed by atoms with Gasteiger partial charge in [0.15, 0.2) is 0 Å². The molecule has 0 aliphatic carbocycles. The maximum atomic E-state index is 13.8. The number of benzene rings is 1. The van der Waals surface area contributed by atoms with E-state index in [0.29, 0.717) is 11.3 Å². The van der Waals surface area contributed by atoms with Crippen molar-refractivity contribution in [1.82, 2.24) is 0 Å². The second-order valence-corrected chi connectivity index (χ2v) is 4.95. The van der Waals surface area contributed by atoms with Crippen molar-refractivity contribution in [3.63, 3.8) is 0 Å². The molecule has 0 amide bonds. The molecule has 0 radical (unpaired) electrons. The van der Waals surface area contributed by atoms with Gasteiger partial charge in [-0.05, 0) is 37.5 Å². The highest BCUT2D eigenvalue weighted by Crippen LogP contribution is 2.23. The first-order chi connectivity index (χ1) is 9.22. The standard InChI is InChI=1S/C15H19FN2O/c1-2-3-13-9-12(6-7-19-13)18-15-5-4-11(10-17)8-14(15)16/h4-5,8,12-13,18H,2-3,6-7,9H2,1H3. The number of anilines is 1. The second-order valence-electron chi connectivity index (χ2n) is 4.95. The highest BCUT2D eigenvalue weighted by atomic mass is 19.1. The molecule has 0 spiro atoms. The van der Waals surface area contributed by atoms with Gasteiger partial charge < -0.3 is 10.1 Å². The van der Waals surface area contributed by atoms with Crippen molar-refractivity contribution in [2.75, 3.05) is 11.9 Å². The van der Waals surface area contributed by atoms with Crippen LogP contribution in [-0.2, 0) is 4.74 Å². The average Bonchev–Trinajstić information content (AvgIpc) is 2.42. The molecule has 102 valence electrons. The molecular weight excluding hydrogens is 243 g/mol. The fraction of sp³-hybridized carbons (Fsp3) is 0.533. The summed E-state index contributed by atoms with van der Waals surface area (Å²) in [5.41, 5.74) is 0.819. The minimum absolute atomic E-state index is 0.243. The fourth-order valence-corrected chi connectivity index (χ4v) is 2.46. The van der Waals surface area contributed by atoms with E-state index in [1.807, 2.05) is 6.07 Å². The zero-order valence-electron chi connectivity index (χ0n) is 11.2. The van der Waals surface area contributed by atoms with Crippen molar-refractivity contribution in [2.45, 2.75) is 44.8 Å². The Labute approximate surface area is 113 Å². The maximum Gasteiger partial charge on any atom is 0.147 e. The summed E-state index contributed by atoms with van der Waals surface area (Å²) >= 11 is 0. The molecule has 1 saturated heterocycles. The van der Waals surface area contributed by atoms with Crippen molar-refractivity contribution < 1.29 is 9.13 Å². The molecule has 0 saturated carbocycles. The van der Waals surface area contributed by atoms with Crippen LogP contribution in [0, 0.1) is 17.1 Å². The Bertz CT molecular complexity index is 468. The normalized spacial score (nSPS) is 22.8. The van der Waals surface area contributed by atoms with Gasteiger partial charge in [-0.25, -0.2) is 4.39 Å². The largest absolute Gasteiger partial charge is 0.380 e. The maximum absolute atomic E-state index is 13.8. The first-order valence-electron chi connectivity index (χ1n) is 6.80. The number of nitriles is 1. The monoisotopic (exact) mass is 262 g/mol. The van der Waals surface area contributed by atoms with Gasteiger partial charge in [-0.2, -0.15) is 5.26 Å². The summed E-state index contributed by atoms with van der Waals surface area (Å²) in [5, 5.41) is 11.9. The molecule has 0 bridgehead atoms. The van der Waals surface area contributed by atoms with Crippen LogP contribution in [0.15, 0.2) is 18.2 Å². The van der Waals surface area contributed by atoms with Gasteiger partial charge >= 0.3 is 0 Å². The molecule has 1 heterocycles. The number of rotatable bonds is 4. The molecule has 1 aliphatic heterocycles. The summed E-state index contributed by atoms with van der Waals surface area (Å²) in [4.78, 5) is 0. The SMILES string of the molecule is CCCC1CC(Nc2ccc(C#N)cc2F)CCO1. The van der Waals surface area contributed by atoms with Crippen LogP contribution < -0.4 is 5.32 Å². The van der Waals surface area contributed by atoms with Gasteiger partial charge in [0.1, 0.15) is 5.82 Å². The van der Waals surface area contributed by atoms with E-state index in [4.69, 9.17) is 10.00 Å². The van der Waals surface area contributed by atoms with Crippen molar-refractivity contribution in [3.05, 3.63) is 29.6 Å². The third kappa shape index (κ3) is 3.68. The van der Waals surface area contributed by atoms with Crippen LogP contribution in [0.4, 0.5) is 10.1 Å². The van der Waals surface area contributed by atoms with Gasteiger partial charge in [0.2, 0.25) is 0 Å². The quantitative estimate of drug-likeness (QED) is 0.903. The molecule has 1 fully saturated rings. The van der Waals surface area contributed by atoms with Crippen molar-refractivity contribution in [3.8, 4) is 6.07 Å². The first kappa shape index (κ1) is 13.8. The Kier molecular flexibility index (Phi) is 4.75. The molecular formula is C15H19FN2O. The third-order valence-electron chi connectivity index (χ3n) is 3.44. The molecule has 0 aromatic heterocycles. The highest BCUT2D eigenvalue weighted by Gasteiger charge is 2.22. The summed E-state index contributed by atoms with van der Waals surface area (Å²) in [6.07, 6.45) is 4.22.